The van der Waals surface area contributed by atoms with Crippen molar-refractivity contribution in [1.29, 1.82) is 0 Å². The normalized spacial score (nSPS) is 10.9. The van der Waals surface area contributed by atoms with Gasteiger partial charge >= 0.3 is 0 Å². The number of hydrogen-bond acceptors (Lipinski definition) is 3. The van der Waals surface area contributed by atoms with Crippen LogP contribution in [0.5, 0.6) is 5.88 Å². The van der Waals surface area contributed by atoms with Crippen LogP contribution in [0.2, 0.25) is 0 Å². The number of aromatic amines is 1. The monoisotopic (exact) mass is 258 g/mol. The van der Waals surface area contributed by atoms with Gasteiger partial charge in [0.15, 0.2) is 0 Å². The van der Waals surface area contributed by atoms with Crippen molar-refractivity contribution in [2.45, 2.75) is 13.0 Å². The Hall–Kier alpha value is -2.50. The minimum Gasteiger partial charge on any atom is -0.475 e. The zero-order valence-corrected chi connectivity index (χ0v) is 10.5. The van der Waals surface area contributed by atoms with Crippen LogP contribution in [0.25, 0.3) is 5.52 Å². The summed E-state index contributed by atoms with van der Waals surface area (Å²) in [6.45, 7) is 1.49. The van der Waals surface area contributed by atoms with E-state index in [0.29, 0.717) is 18.2 Å². The summed E-state index contributed by atoms with van der Waals surface area (Å²) >= 11 is 0. The van der Waals surface area contributed by atoms with Crippen molar-refractivity contribution in [3.05, 3.63) is 43.1 Å². The summed E-state index contributed by atoms with van der Waals surface area (Å²) in [6, 6.07) is 5.76. The van der Waals surface area contributed by atoms with Crippen LogP contribution < -0.4 is 15.0 Å². The number of fused-ring (bicyclic) bond motifs is 1. The van der Waals surface area contributed by atoms with Crippen molar-refractivity contribution in [3.63, 3.8) is 0 Å². The fourth-order valence-corrected chi connectivity index (χ4v) is 1.98. The minimum absolute atomic E-state index is 0.505. The Morgan fingerprint density at radius 1 is 1.42 bits per heavy atom. The molecule has 3 aromatic heterocycles. The smallest absolute Gasteiger partial charge is 0.257 e. The maximum atomic E-state index is 6.00. The van der Waals surface area contributed by atoms with Crippen molar-refractivity contribution in [2.75, 3.05) is 12.3 Å². The average molecular weight is 258 g/mol. The Balaban J connectivity index is 1.61. The van der Waals surface area contributed by atoms with Gasteiger partial charge < -0.3 is 10.5 Å². The molecule has 0 unspecified atom stereocenters. The molecular formula is C13H16N5O+. The number of aromatic nitrogens is 4. The van der Waals surface area contributed by atoms with Crippen molar-refractivity contribution < 1.29 is 9.30 Å². The van der Waals surface area contributed by atoms with Crippen molar-refractivity contribution in [3.8, 4) is 5.88 Å². The zero-order valence-electron chi connectivity index (χ0n) is 10.5. The number of rotatable bonds is 5. The highest BCUT2D eigenvalue weighted by Crippen LogP contribution is 2.24. The molecule has 0 saturated heterocycles. The molecule has 3 aromatic rings. The van der Waals surface area contributed by atoms with Crippen LogP contribution in [-0.2, 0) is 6.54 Å². The van der Waals surface area contributed by atoms with Gasteiger partial charge in [-0.15, -0.1) is 5.10 Å². The second-order valence-electron chi connectivity index (χ2n) is 4.30. The van der Waals surface area contributed by atoms with Crippen LogP contribution in [0.1, 0.15) is 6.42 Å². The first-order chi connectivity index (χ1) is 9.34. The molecule has 6 heteroatoms. The predicted octanol–water partition coefficient (Wildman–Crippen LogP) is 1.00. The SMILES string of the molecule is Nc1c(OCCC[n+]2cc[nH]c2)nn2ccccc12. The number of pyridine rings is 1. The summed E-state index contributed by atoms with van der Waals surface area (Å²) in [5, 5.41) is 4.30. The van der Waals surface area contributed by atoms with E-state index in [1.165, 1.54) is 0 Å². The van der Waals surface area contributed by atoms with Crippen LogP contribution in [0.15, 0.2) is 43.1 Å². The number of ether oxygens (including phenoxy) is 1. The Morgan fingerprint density at radius 3 is 3.16 bits per heavy atom. The zero-order chi connectivity index (χ0) is 13.1. The van der Waals surface area contributed by atoms with E-state index in [-0.39, 0.29) is 0 Å². The number of nitrogens with one attached hydrogen (secondary N) is 1. The summed E-state index contributed by atoms with van der Waals surface area (Å²) in [7, 11) is 0. The van der Waals surface area contributed by atoms with Gasteiger partial charge in [0.1, 0.15) is 18.1 Å². The van der Waals surface area contributed by atoms with E-state index in [1.807, 2.05) is 43.1 Å². The number of nitrogens with zero attached hydrogens (tertiary/aromatic N) is 3. The fraction of sp³-hybridized carbons (Fsp3) is 0.231. The van der Waals surface area contributed by atoms with Gasteiger partial charge in [-0.25, -0.2) is 9.08 Å². The van der Waals surface area contributed by atoms with Gasteiger partial charge in [0, 0.05) is 12.6 Å². The molecule has 3 rings (SSSR count). The second kappa shape index (κ2) is 5.01. The molecule has 0 bridgehead atoms. The lowest BCUT2D eigenvalue weighted by Gasteiger charge is -2.01. The molecule has 19 heavy (non-hydrogen) atoms. The third-order valence-corrected chi connectivity index (χ3v) is 2.95. The lowest BCUT2D eigenvalue weighted by molar-refractivity contribution is -0.696. The van der Waals surface area contributed by atoms with Crippen LogP contribution in [0, 0.1) is 0 Å². The maximum absolute atomic E-state index is 6.00. The van der Waals surface area contributed by atoms with Crippen LogP contribution in [-0.4, -0.2) is 21.2 Å². The van der Waals surface area contributed by atoms with E-state index in [4.69, 9.17) is 10.5 Å². The molecule has 0 aliphatic rings. The number of nitrogen functional groups attached to an aromatic ring is 1. The quantitative estimate of drug-likeness (QED) is 0.530. The Bertz CT molecular complexity index is 659. The topological polar surface area (TPSA) is 72.2 Å². The number of nitrogens with two attached hydrogens (primary N) is 1. The minimum atomic E-state index is 0.505. The van der Waals surface area contributed by atoms with Gasteiger partial charge in [-0.05, 0) is 12.1 Å². The van der Waals surface area contributed by atoms with Crippen LogP contribution >= 0.6 is 0 Å². The molecule has 3 heterocycles. The third kappa shape index (κ3) is 2.37. The molecule has 0 atom stereocenters. The summed E-state index contributed by atoms with van der Waals surface area (Å²) in [6.07, 6.45) is 8.55. The van der Waals surface area contributed by atoms with Gasteiger partial charge in [-0.2, -0.15) is 0 Å². The van der Waals surface area contributed by atoms with E-state index in [9.17, 15) is 0 Å². The number of aryl methyl sites for hydroxylation is 1. The first kappa shape index (κ1) is 11.6. The lowest BCUT2D eigenvalue weighted by Crippen LogP contribution is -2.31. The molecule has 98 valence electrons. The molecule has 6 nitrogen and oxygen atoms in total. The van der Waals surface area contributed by atoms with Crippen LogP contribution in [0.3, 0.4) is 0 Å². The van der Waals surface area contributed by atoms with E-state index in [2.05, 4.69) is 14.6 Å². The van der Waals surface area contributed by atoms with E-state index >= 15 is 0 Å². The molecule has 0 spiro atoms. The van der Waals surface area contributed by atoms with Crippen LogP contribution in [0.4, 0.5) is 5.69 Å². The Morgan fingerprint density at radius 2 is 2.37 bits per heavy atom. The van der Waals surface area contributed by atoms with Gasteiger partial charge in [0.05, 0.1) is 18.7 Å². The second-order valence-corrected chi connectivity index (χ2v) is 4.30. The lowest BCUT2D eigenvalue weighted by atomic mass is 10.3. The molecule has 0 fully saturated rings. The van der Waals surface area contributed by atoms with E-state index < -0.39 is 0 Å². The summed E-state index contributed by atoms with van der Waals surface area (Å²) in [5.41, 5.74) is 7.46. The predicted molar refractivity (Wildman–Crippen MR) is 70.7 cm³/mol. The molecule has 0 radical (unpaired) electrons. The van der Waals surface area contributed by atoms with Crippen molar-refractivity contribution >= 4 is 11.2 Å². The summed E-state index contributed by atoms with van der Waals surface area (Å²) < 4.78 is 9.43. The molecule has 0 aromatic carbocycles. The van der Waals surface area contributed by atoms with Crippen molar-refractivity contribution in [2.24, 2.45) is 0 Å². The highest BCUT2D eigenvalue weighted by molar-refractivity contribution is 5.74. The first-order valence-corrected chi connectivity index (χ1v) is 6.22. The van der Waals surface area contributed by atoms with E-state index in [1.54, 1.807) is 4.52 Å². The van der Waals surface area contributed by atoms with E-state index in [0.717, 1.165) is 18.5 Å². The summed E-state index contributed by atoms with van der Waals surface area (Å²) in [5.74, 6) is 0.505. The molecule has 3 N–H and O–H groups in total. The van der Waals surface area contributed by atoms with Gasteiger partial charge in [-0.3, -0.25) is 4.98 Å². The third-order valence-electron chi connectivity index (χ3n) is 2.95. The molecule has 0 saturated carbocycles. The largest absolute Gasteiger partial charge is 0.475 e. The molecule has 0 aliphatic heterocycles. The van der Waals surface area contributed by atoms with Gasteiger partial charge in [0.2, 0.25) is 6.33 Å². The molecule has 0 amide bonds. The highest BCUT2D eigenvalue weighted by atomic mass is 16.5. The summed E-state index contributed by atoms with van der Waals surface area (Å²) in [4.78, 5) is 3.00. The molecular weight excluding hydrogens is 242 g/mol. The van der Waals surface area contributed by atoms with Gasteiger partial charge in [0.25, 0.3) is 5.88 Å². The Kier molecular flexibility index (Phi) is 3.06. The number of hydrogen-bond donors (Lipinski definition) is 2. The highest BCUT2D eigenvalue weighted by Gasteiger charge is 2.09. The average Bonchev–Trinajstić information content (AvgIpc) is 3.04. The fourth-order valence-electron chi connectivity index (χ4n) is 1.98. The van der Waals surface area contributed by atoms with Gasteiger partial charge in [-0.1, -0.05) is 6.07 Å². The molecule has 0 aliphatic carbocycles. The Labute approximate surface area is 110 Å². The van der Waals surface area contributed by atoms with Crippen molar-refractivity contribution in [1.82, 2.24) is 14.6 Å². The number of H-pyrrole nitrogens is 1. The number of imidazole rings is 1. The first-order valence-electron chi connectivity index (χ1n) is 6.22. The number of anilines is 1. The maximum Gasteiger partial charge on any atom is 0.257 e. The standard InChI is InChI=1S/C13H15N5O/c14-12-11-4-1-2-7-18(11)16-13(12)19-9-3-6-17-8-5-15-10-17/h1-2,4-5,7-8,10H,3,6,9,14H2/p+1.